The molecule has 0 saturated carbocycles. The number of anilines is 2. The Bertz CT molecular complexity index is 1080. The van der Waals surface area contributed by atoms with E-state index in [2.05, 4.69) is 22.0 Å². The van der Waals surface area contributed by atoms with Crippen molar-refractivity contribution < 1.29 is 4.79 Å². The largest absolute Gasteiger partial charge is 0.382 e. The number of fused-ring (bicyclic) bond motifs is 3. The molecular formula is C23H24ClN3OS. The molecule has 1 aliphatic heterocycles. The van der Waals surface area contributed by atoms with Gasteiger partial charge >= 0.3 is 0 Å². The van der Waals surface area contributed by atoms with E-state index in [1.807, 2.05) is 12.1 Å². The van der Waals surface area contributed by atoms with Crippen molar-refractivity contribution in [2.24, 2.45) is 0 Å². The van der Waals surface area contributed by atoms with Crippen LogP contribution >= 0.6 is 22.9 Å². The molecule has 6 heteroatoms. The number of rotatable bonds is 3. The Morgan fingerprint density at radius 3 is 2.52 bits per heavy atom. The summed E-state index contributed by atoms with van der Waals surface area (Å²) in [4.78, 5) is 22.6. The minimum Gasteiger partial charge on any atom is -0.382 e. The maximum atomic E-state index is 13.5. The summed E-state index contributed by atoms with van der Waals surface area (Å²) in [5.41, 5.74) is 9.69. The van der Waals surface area contributed by atoms with Gasteiger partial charge in [0, 0.05) is 34.6 Å². The first-order valence-electron chi connectivity index (χ1n) is 10.4. The fourth-order valence-electron chi connectivity index (χ4n) is 4.62. The number of nitrogens with two attached hydrogens (primary N) is 1. The second kappa shape index (κ2) is 7.62. The third kappa shape index (κ3) is 3.30. The average molecular weight is 426 g/mol. The van der Waals surface area contributed by atoms with Crippen LogP contribution in [-0.2, 0) is 12.8 Å². The predicted octanol–water partition coefficient (Wildman–Crippen LogP) is 5.63. The van der Waals surface area contributed by atoms with Crippen molar-refractivity contribution in [2.75, 3.05) is 23.7 Å². The van der Waals surface area contributed by atoms with Crippen LogP contribution in [0.2, 0.25) is 5.02 Å². The normalized spacial score (nSPS) is 16.8. The Balaban J connectivity index is 1.57. The maximum absolute atomic E-state index is 13.5. The molecule has 0 unspecified atom stereocenters. The average Bonchev–Trinajstić information content (AvgIpc) is 3.12. The number of hydrogen-bond acceptors (Lipinski definition) is 5. The minimum atomic E-state index is -0.0644. The van der Waals surface area contributed by atoms with Crippen molar-refractivity contribution in [3.05, 3.63) is 50.9 Å². The van der Waals surface area contributed by atoms with Crippen LogP contribution in [0.25, 0.3) is 10.2 Å². The van der Waals surface area contributed by atoms with Gasteiger partial charge in [0.15, 0.2) is 5.78 Å². The van der Waals surface area contributed by atoms with Crippen LogP contribution in [0.4, 0.5) is 11.5 Å². The molecule has 0 bridgehead atoms. The molecule has 1 saturated heterocycles. The van der Waals surface area contributed by atoms with Crippen LogP contribution in [0.5, 0.6) is 0 Å². The smallest absolute Gasteiger partial charge is 0.195 e. The molecule has 3 aromatic rings. The molecule has 3 heterocycles. The van der Waals surface area contributed by atoms with Crippen LogP contribution in [-0.4, -0.2) is 23.9 Å². The number of piperidine rings is 1. The van der Waals surface area contributed by atoms with Crippen molar-refractivity contribution in [2.45, 2.75) is 44.9 Å². The van der Waals surface area contributed by atoms with Gasteiger partial charge in [0.2, 0.25) is 0 Å². The van der Waals surface area contributed by atoms with Gasteiger partial charge in [0.05, 0.1) is 10.6 Å². The van der Waals surface area contributed by atoms with Gasteiger partial charge in [-0.1, -0.05) is 11.6 Å². The number of nitrogen functional groups attached to an aromatic ring is 1. The van der Waals surface area contributed by atoms with E-state index >= 15 is 0 Å². The number of ketones is 1. The highest BCUT2D eigenvalue weighted by Crippen LogP contribution is 2.41. The Hall–Kier alpha value is -2.11. The van der Waals surface area contributed by atoms with Crippen molar-refractivity contribution in [1.82, 2.24) is 4.98 Å². The van der Waals surface area contributed by atoms with Crippen LogP contribution < -0.4 is 10.6 Å². The van der Waals surface area contributed by atoms with Crippen molar-refractivity contribution in [3.63, 3.8) is 0 Å². The van der Waals surface area contributed by atoms with Crippen LogP contribution in [0.1, 0.15) is 58.5 Å². The van der Waals surface area contributed by atoms with Crippen molar-refractivity contribution in [1.29, 1.82) is 0 Å². The van der Waals surface area contributed by atoms with Gasteiger partial charge in [0.25, 0.3) is 0 Å². The number of carbonyl (C=O) groups excluding carboxylic acids is 1. The number of carbonyl (C=O) groups is 1. The number of pyridine rings is 1. The van der Waals surface area contributed by atoms with Crippen LogP contribution in [0.15, 0.2) is 24.3 Å². The first-order chi connectivity index (χ1) is 14.1. The highest BCUT2D eigenvalue weighted by Gasteiger charge is 2.26. The molecule has 29 heavy (non-hydrogen) atoms. The monoisotopic (exact) mass is 425 g/mol. The molecule has 0 amide bonds. The van der Waals surface area contributed by atoms with E-state index in [4.69, 9.17) is 17.3 Å². The Kier molecular flexibility index (Phi) is 4.96. The van der Waals surface area contributed by atoms with E-state index in [1.54, 1.807) is 11.3 Å². The summed E-state index contributed by atoms with van der Waals surface area (Å²) in [6, 6.07) is 7.95. The third-order valence-electron chi connectivity index (χ3n) is 6.15. The highest BCUT2D eigenvalue weighted by atomic mass is 35.5. The summed E-state index contributed by atoms with van der Waals surface area (Å²) < 4.78 is 0. The number of benzene rings is 1. The summed E-state index contributed by atoms with van der Waals surface area (Å²) in [7, 11) is 0. The lowest BCUT2D eigenvalue weighted by atomic mass is 9.92. The molecule has 2 aromatic heterocycles. The molecule has 0 atom stereocenters. The molecule has 5 rings (SSSR count). The molecule has 2 N–H and O–H groups in total. The maximum Gasteiger partial charge on any atom is 0.195 e. The fraction of sp³-hybridized carbons (Fsp3) is 0.391. The Labute approximate surface area is 179 Å². The minimum absolute atomic E-state index is 0.0644. The van der Waals surface area contributed by atoms with Gasteiger partial charge < -0.3 is 10.6 Å². The van der Waals surface area contributed by atoms with Crippen molar-refractivity contribution >= 4 is 50.4 Å². The number of hydrogen-bond donors (Lipinski definition) is 1. The Morgan fingerprint density at radius 2 is 1.76 bits per heavy atom. The summed E-state index contributed by atoms with van der Waals surface area (Å²) in [5.74, 6) is 0.177. The molecule has 1 fully saturated rings. The van der Waals surface area contributed by atoms with Gasteiger partial charge in [-0.2, -0.15) is 0 Å². The zero-order valence-corrected chi connectivity index (χ0v) is 17.9. The second-order valence-corrected chi connectivity index (χ2v) is 9.46. The third-order valence-corrected chi connectivity index (χ3v) is 7.72. The SMILES string of the molecule is Nc1nc2sc3c(c2c(C(=O)c2ccc(N4CCCCC4)cc2)c1Cl)CCCC3. The predicted molar refractivity (Wildman–Crippen MR) is 122 cm³/mol. The molecule has 1 aliphatic carbocycles. The quantitative estimate of drug-likeness (QED) is 0.552. The number of thiophene rings is 1. The number of aromatic nitrogens is 1. The topological polar surface area (TPSA) is 59.2 Å². The van der Waals surface area contributed by atoms with E-state index in [1.165, 1.54) is 41.8 Å². The number of aryl methyl sites for hydroxylation is 2. The number of halogens is 1. The van der Waals surface area contributed by atoms with E-state index in [9.17, 15) is 4.79 Å². The summed E-state index contributed by atoms with van der Waals surface area (Å²) in [6.07, 6.45) is 8.11. The number of nitrogens with zero attached hydrogens (tertiary/aromatic N) is 2. The van der Waals surface area contributed by atoms with Crippen LogP contribution in [0.3, 0.4) is 0 Å². The fourth-order valence-corrected chi connectivity index (χ4v) is 6.12. The molecule has 0 radical (unpaired) electrons. The second-order valence-electron chi connectivity index (χ2n) is 8.00. The molecular weight excluding hydrogens is 402 g/mol. The molecule has 0 spiro atoms. The van der Waals surface area contributed by atoms with Crippen LogP contribution in [0, 0.1) is 0 Å². The summed E-state index contributed by atoms with van der Waals surface area (Å²) >= 11 is 8.22. The Morgan fingerprint density at radius 1 is 1.03 bits per heavy atom. The molecule has 4 nitrogen and oxygen atoms in total. The van der Waals surface area contributed by atoms with Gasteiger partial charge in [-0.15, -0.1) is 11.3 Å². The molecule has 1 aromatic carbocycles. The van der Waals surface area contributed by atoms with Gasteiger partial charge in [-0.25, -0.2) is 4.98 Å². The summed E-state index contributed by atoms with van der Waals surface area (Å²) in [5, 5.41) is 1.21. The van der Waals surface area contributed by atoms with E-state index in [0.717, 1.165) is 42.6 Å². The van der Waals surface area contributed by atoms with E-state index < -0.39 is 0 Å². The zero-order chi connectivity index (χ0) is 20.0. The lowest BCUT2D eigenvalue weighted by Gasteiger charge is -2.28. The van der Waals surface area contributed by atoms with E-state index in [0.29, 0.717) is 11.1 Å². The van der Waals surface area contributed by atoms with E-state index in [-0.39, 0.29) is 16.6 Å². The van der Waals surface area contributed by atoms with Gasteiger partial charge in [-0.3, -0.25) is 4.79 Å². The summed E-state index contributed by atoms with van der Waals surface area (Å²) in [6.45, 7) is 2.17. The standard InChI is InChI=1S/C23H24ClN3OS/c24-20-19(18-16-6-2-3-7-17(16)29-23(18)26-22(20)25)21(28)14-8-10-15(11-9-14)27-12-4-1-5-13-27/h8-11H,1-7,12-13H2,(H2,25,26). The van der Waals surface area contributed by atoms with Gasteiger partial charge in [-0.05, 0) is 74.8 Å². The van der Waals surface area contributed by atoms with Crippen molar-refractivity contribution in [3.8, 4) is 0 Å². The first-order valence-corrected chi connectivity index (χ1v) is 11.6. The molecule has 2 aliphatic rings. The zero-order valence-electron chi connectivity index (χ0n) is 16.3. The lowest BCUT2D eigenvalue weighted by Crippen LogP contribution is -2.29. The highest BCUT2D eigenvalue weighted by molar-refractivity contribution is 7.19. The lowest BCUT2D eigenvalue weighted by molar-refractivity contribution is 0.104. The molecule has 150 valence electrons. The first kappa shape index (κ1) is 18.9. The van der Waals surface area contributed by atoms with Gasteiger partial charge in [0.1, 0.15) is 10.6 Å².